The minimum Gasteiger partial charge on any atom is -0.486 e. The molecule has 0 saturated heterocycles. The first-order chi connectivity index (χ1) is 34.0. The van der Waals surface area contributed by atoms with Crippen molar-refractivity contribution >= 4 is 22.1 Å². The minimum absolute atomic E-state index is 0. The van der Waals surface area contributed by atoms with Crippen molar-refractivity contribution in [1.82, 2.24) is 29.1 Å². The molecule has 0 spiro atoms. The van der Waals surface area contributed by atoms with Crippen molar-refractivity contribution in [2.75, 3.05) is 0 Å². The Balaban J connectivity index is 0.000000266. The maximum absolute atomic E-state index is 5.94. The van der Waals surface area contributed by atoms with E-state index < -0.39 is 0 Å². The Kier molecular flexibility index (Phi) is 16.1. The summed E-state index contributed by atoms with van der Waals surface area (Å²) in [6.07, 6.45) is 10.2. The largest absolute Gasteiger partial charge is 3.00 e. The predicted octanol–water partition coefficient (Wildman–Crippen LogP) is 16.2. The van der Waals surface area contributed by atoms with Crippen LogP contribution in [0.2, 0.25) is 0 Å². The van der Waals surface area contributed by atoms with Crippen LogP contribution >= 0.6 is 0 Å². The van der Waals surface area contributed by atoms with Crippen LogP contribution in [0.15, 0.2) is 150 Å². The second-order valence-electron chi connectivity index (χ2n) is 19.5. The van der Waals surface area contributed by atoms with E-state index in [0.29, 0.717) is 29.4 Å². The summed E-state index contributed by atoms with van der Waals surface area (Å²) in [4.78, 5) is 19.3. The van der Waals surface area contributed by atoms with E-state index in [1.165, 1.54) is 33.6 Å². The Bertz CT molecular complexity index is 3150. The van der Waals surface area contributed by atoms with Crippen LogP contribution < -0.4 is 0 Å². The van der Waals surface area contributed by atoms with E-state index in [-0.39, 0.29) is 20.1 Å². The van der Waals surface area contributed by atoms with Crippen molar-refractivity contribution in [3.8, 4) is 45.4 Å². The topological polar surface area (TPSA) is 74.6 Å². The average Bonchev–Trinajstić information content (AvgIpc) is 4.11. The van der Waals surface area contributed by atoms with Gasteiger partial charge in [-0.15, -0.1) is 90.0 Å². The summed E-state index contributed by atoms with van der Waals surface area (Å²) in [6, 6.07) is 53.8. The zero-order valence-electron chi connectivity index (χ0n) is 42.4. The Morgan fingerprint density at radius 3 is 1.46 bits per heavy atom. The SMILES string of the molecule is CC(C)c1cccc(C(C)C)c1-n1cc(CCCCc2cn(-c3c(C(C)C)cccc3C(C)C)c(-c3[c-]cccc3)n2)nc1-c1[c-]cccc1.Cc1ccc2c(n1)oc1c(-c3ccccn3)[c-]ccc12.[Ir+3]. The molecule has 360 valence electrons. The molecule has 0 amide bonds. The molecule has 71 heavy (non-hydrogen) atoms. The molecule has 0 bridgehead atoms. The quantitative estimate of drug-likeness (QED) is 0.0801. The fourth-order valence-electron chi connectivity index (χ4n) is 9.49. The molecular weight excluding hydrogens is 1050 g/mol. The molecule has 0 unspecified atom stereocenters. The van der Waals surface area contributed by atoms with E-state index in [1.807, 2.05) is 73.7 Å². The van der Waals surface area contributed by atoms with E-state index in [0.717, 1.165) is 93.2 Å². The molecule has 7 nitrogen and oxygen atoms in total. The number of hydrogen-bond acceptors (Lipinski definition) is 5. The van der Waals surface area contributed by atoms with Gasteiger partial charge in [0, 0.05) is 52.4 Å². The van der Waals surface area contributed by atoms with Gasteiger partial charge < -0.3 is 18.5 Å². The number of aromatic nitrogens is 6. The Labute approximate surface area is 433 Å². The number of pyridine rings is 2. The zero-order chi connectivity index (χ0) is 48.9. The van der Waals surface area contributed by atoms with E-state index in [1.54, 1.807) is 6.20 Å². The number of hydrogen-bond donors (Lipinski definition) is 0. The number of rotatable bonds is 14. The van der Waals surface area contributed by atoms with Gasteiger partial charge in [0.05, 0.1) is 17.2 Å². The summed E-state index contributed by atoms with van der Waals surface area (Å²) in [5.74, 6) is 3.49. The number of furan rings is 1. The summed E-state index contributed by atoms with van der Waals surface area (Å²) < 4.78 is 10.6. The Morgan fingerprint density at radius 1 is 0.507 bits per heavy atom. The third-order valence-corrected chi connectivity index (χ3v) is 13.1. The number of nitrogens with zero attached hydrogens (tertiary/aromatic N) is 6. The Morgan fingerprint density at radius 2 is 1.01 bits per heavy atom. The molecule has 8 heteroatoms. The summed E-state index contributed by atoms with van der Waals surface area (Å²) in [6.45, 7) is 20.2. The van der Waals surface area contributed by atoms with Crippen molar-refractivity contribution in [3.63, 3.8) is 0 Å². The molecular formula is C63H63IrN6O. The molecule has 0 saturated carbocycles. The van der Waals surface area contributed by atoms with E-state index in [9.17, 15) is 0 Å². The van der Waals surface area contributed by atoms with Crippen molar-refractivity contribution < 1.29 is 24.5 Å². The first-order valence-electron chi connectivity index (χ1n) is 25.0. The van der Waals surface area contributed by atoms with Crippen LogP contribution in [0.3, 0.4) is 0 Å². The van der Waals surface area contributed by atoms with Crippen LogP contribution in [-0.2, 0) is 32.9 Å². The van der Waals surface area contributed by atoms with Crippen LogP contribution in [0.5, 0.6) is 0 Å². The van der Waals surface area contributed by atoms with Crippen molar-refractivity contribution in [2.24, 2.45) is 0 Å². The fourth-order valence-corrected chi connectivity index (χ4v) is 9.49. The Hall–Kier alpha value is -6.73. The van der Waals surface area contributed by atoms with Crippen LogP contribution in [0.1, 0.15) is 131 Å². The maximum atomic E-state index is 5.94. The molecule has 0 fully saturated rings. The number of para-hydroxylation sites is 2. The molecule has 0 aliphatic rings. The van der Waals surface area contributed by atoms with E-state index in [4.69, 9.17) is 14.4 Å². The second kappa shape index (κ2) is 22.6. The van der Waals surface area contributed by atoms with Crippen molar-refractivity contribution in [2.45, 2.75) is 112 Å². The van der Waals surface area contributed by atoms with Gasteiger partial charge in [0.1, 0.15) is 0 Å². The van der Waals surface area contributed by atoms with Crippen LogP contribution in [-0.4, -0.2) is 29.1 Å². The molecule has 0 atom stereocenters. The van der Waals surface area contributed by atoms with Gasteiger partial charge in [-0.3, -0.25) is 9.97 Å². The first-order valence-corrected chi connectivity index (χ1v) is 25.0. The van der Waals surface area contributed by atoms with Gasteiger partial charge in [-0.05, 0) is 102 Å². The predicted molar refractivity (Wildman–Crippen MR) is 287 cm³/mol. The van der Waals surface area contributed by atoms with Gasteiger partial charge in [-0.1, -0.05) is 115 Å². The summed E-state index contributed by atoms with van der Waals surface area (Å²) in [7, 11) is 0. The summed E-state index contributed by atoms with van der Waals surface area (Å²) >= 11 is 0. The van der Waals surface area contributed by atoms with E-state index in [2.05, 4.69) is 166 Å². The first kappa shape index (κ1) is 50.7. The third-order valence-electron chi connectivity index (χ3n) is 13.1. The van der Waals surface area contributed by atoms with Gasteiger partial charge in [0.15, 0.2) is 0 Å². The molecule has 5 aromatic heterocycles. The molecule has 10 rings (SSSR count). The number of unbranched alkanes of at least 4 members (excludes halogenated alkanes) is 1. The number of benzene rings is 5. The minimum atomic E-state index is 0. The van der Waals surface area contributed by atoms with Crippen LogP contribution in [0, 0.1) is 25.1 Å². The van der Waals surface area contributed by atoms with Crippen molar-refractivity contribution in [1.29, 1.82) is 0 Å². The third kappa shape index (κ3) is 11.0. The molecule has 0 radical (unpaired) electrons. The molecule has 0 N–H and O–H groups in total. The van der Waals surface area contributed by atoms with Gasteiger partial charge in [-0.25, -0.2) is 4.98 Å². The van der Waals surface area contributed by atoms with Gasteiger partial charge in [0.25, 0.3) is 0 Å². The average molecular weight is 1110 g/mol. The monoisotopic (exact) mass is 1110 g/mol. The van der Waals surface area contributed by atoms with Crippen LogP contribution in [0.25, 0.3) is 67.5 Å². The summed E-state index contributed by atoms with van der Waals surface area (Å²) in [5.41, 5.74) is 16.3. The smallest absolute Gasteiger partial charge is 0.486 e. The number of aryl methyl sites for hydroxylation is 3. The normalized spacial score (nSPS) is 11.5. The molecule has 0 aliphatic heterocycles. The standard InChI is InChI=1S/C46H52N4.C17H11N2O.Ir/c1-31(2)39-25-17-26-40(32(3)4)43(39)49-29-37(47-45(49)35-19-11-9-12-20-35)23-15-16-24-38-30-50(46(48-38)36-21-13-10-14-22-36)44-41(33(5)6)27-18-28-42(44)34(7)8;1-11-8-9-13-12-5-4-6-14(15-7-2-3-10-18-15)16(12)20-17(13)19-11;/h9-14,17-19,21,25-34H,15-16,23-24H2,1-8H3;2-5,7-10H,1H3;/q-2;-1;+3. The van der Waals surface area contributed by atoms with E-state index >= 15 is 0 Å². The molecule has 5 heterocycles. The molecule has 10 aromatic rings. The number of imidazole rings is 2. The number of fused-ring (bicyclic) bond motifs is 3. The molecule has 0 aliphatic carbocycles. The zero-order valence-corrected chi connectivity index (χ0v) is 44.8. The summed E-state index contributed by atoms with van der Waals surface area (Å²) in [5, 5.41) is 2.07. The van der Waals surface area contributed by atoms with Gasteiger partial charge >= 0.3 is 20.1 Å². The van der Waals surface area contributed by atoms with Gasteiger partial charge in [-0.2, -0.15) is 0 Å². The maximum Gasteiger partial charge on any atom is 3.00 e. The van der Waals surface area contributed by atoms with Crippen molar-refractivity contribution in [3.05, 3.63) is 204 Å². The van der Waals surface area contributed by atoms with Crippen LogP contribution in [0.4, 0.5) is 0 Å². The molecule has 5 aromatic carbocycles. The second-order valence-corrected chi connectivity index (χ2v) is 19.5. The fraction of sp³-hybridized carbons (Fsp3) is 0.270. The van der Waals surface area contributed by atoms with Gasteiger partial charge in [0.2, 0.25) is 5.71 Å².